The van der Waals surface area contributed by atoms with E-state index in [2.05, 4.69) is 17.6 Å². The summed E-state index contributed by atoms with van der Waals surface area (Å²) < 4.78 is 5.25. The number of carbonyl (C=O) groups excluding carboxylic acids is 2. The molecular formula is C20H24N2O5S. The maximum Gasteiger partial charge on any atom is 0.303 e. The second kappa shape index (κ2) is 9.05. The maximum absolute atomic E-state index is 12.9. The van der Waals surface area contributed by atoms with Gasteiger partial charge >= 0.3 is 5.97 Å². The molecule has 0 bridgehead atoms. The van der Waals surface area contributed by atoms with Gasteiger partial charge in [0.15, 0.2) is 0 Å². The summed E-state index contributed by atoms with van der Waals surface area (Å²) in [5.74, 6) is -0.440. The molecule has 0 spiro atoms. The molecule has 0 fully saturated rings. The Balaban J connectivity index is 1.80. The zero-order chi connectivity index (χ0) is 20.1. The van der Waals surface area contributed by atoms with Crippen LogP contribution in [-0.4, -0.2) is 22.9 Å². The first-order valence-corrected chi connectivity index (χ1v) is 10.3. The summed E-state index contributed by atoms with van der Waals surface area (Å²) in [5.41, 5.74) is 1.50. The van der Waals surface area contributed by atoms with Crippen LogP contribution >= 0.6 is 11.3 Å². The smallest absolute Gasteiger partial charge is 0.303 e. The van der Waals surface area contributed by atoms with Crippen LogP contribution in [0.5, 0.6) is 0 Å². The highest BCUT2D eigenvalue weighted by molar-refractivity contribution is 7.17. The molecule has 28 heavy (non-hydrogen) atoms. The van der Waals surface area contributed by atoms with Crippen LogP contribution in [-0.2, 0) is 29.0 Å². The van der Waals surface area contributed by atoms with Crippen LogP contribution in [0.1, 0.15) is 59.2 Å². The van der Waals surface area contributed by atoms with Gasteiger partial charge in [0.25, 0.3) is 5.91 Å². The Labute approximate surface area is 167 Å². The molecule has 2 aromatic rings. The van der Waals surface area contributed by atoms with E-state index in [4.69, 9.17) is 9.52 Å². The standard InChI is InChI=1S/C20H24N2O5S/c1-2-12-5-6-14-15(10-12)28-20(22-16(23)7-8-17(24)25)18(14)19(26)21-11-13-4-3-9-27-13/h3-4,9,12H,2,5-8,10-11H2,1H3,(H,21,26)(H,22,23)(H,24,25). The predicted octanol–water partition coefficient (Wildman–Crippen LogP) is 3.59. The van der Waals surface area contributed by atoms with Crippen molar-refractivity contribution in [1.29, 1.82) is 0 Å². The van der Waals surface area contributed by atoms with E-state index in [9.17, 15) is 14.4 Å². The van der Waals surface area contributed by atoms with Crippen LogP contribution in [0, 0.1) is 5.92 Å². The molecule has 1 aliphatic rings. The lowest BCUT2D eigenvalue weighted by atomic mass is 9.85. The molecule has 0 radical (unpaired) electrons. The van der Waals surface area contributed by atoms with Gasteiger partial charge in [0, 0.05) is 11.3 Å². The first kappa shape index (κ1) is 20.1. The molecule has 7 nitrogen and oxygen atoms in total. The summed E-state index contributed by atoms with van der Waals surface area (Å²) in [6.07, 6.45) is 4.99. The monoisotopic (exact) mass is 404 g/mol. The number of aliphatic carboxylic acids is 1. The molecule has 2 heterocycles. The van der Waals surface area contributed by atoms with Crippen molar-refractivity contribution in [3.05, 3.63) is 40.2 Å². The van der Waals surface area contributed by atoms with E-state index in [0.717, 1.165) is 36.1 Å². The Hall–Kier alpha value is -2.61. The molecule has 0 aliphatic heterocycles. The van der Waals surface area contributed by atoms with Gasteiger partial charge in [-0.2, -0.15) is 0 Å². The number of nitrogens with one attached hydrogen (secondary N) is 2. The summed E-state index contributed by atoms with van der Waals surface area (Å²) in [6.45, 7) is 2.43. The number of anilines is 1. The van der Waals surface area contributed by atoms with Gasteiger partial charge in [-0.25, -0.2) is 0 Å². The van der Waals surface area contributed by atoms with Gasteiger partial charge in [-0.15, -0.1) is 11.3 Å². The normalized spacial score (nSPS) is 15.7. The lowest BCUT2D eigenvalue weighted by Crippen LogP contribution is -2.26. The summed E-state index contributed by atoms with van der Waals surface area (Å²) in [5, 5.41) is 14.9. The molecule has 1 atom stereocenters. The average Bonchev–Trinajstić information content (AvgIpc) is 3.31. The molecule has 150 valence electrons. The van der Waals surface area contributed by atoms with Crippen LogP contribution in [0.3, 0.4) is 0 Å². The van der Waals surface area contributed by atoms with Crippen LogP contribution < -0.4 is 10.6 Å². The van der Waals surface area contributed by atoms with Crippen molar-refractivity contribution < 1.29 is 23.9 Å². The maximum atomic E-state index is 12.9. The largest absolute Gasteiger partial charge is 0.481 e. The van der Waals surface area contributed by atoms with Gasteiger partial charge in [0.05, 0.1) is 24.8 Å². The van der Waals surface area contributed by atoms with Crippen LogP contribution in [0.2, 0.25) is 0 Å². The van der Waals surface area contributed by atoms with E-state index in [0.29, 0.717) is 22.2 Å². The minimum absolute atomic E-state index is 0.122. The van der Waals surface area contributed by atoms with Crippen LogP contribution in [0.4, 0.5) is 5.00 Å². The number of carbonyl (C=O) groups is 3. The Bertz CT molecular complexity index is 856. The number of carboxylic acid groups (broad SMARTS) is 1. The van der Waals surface area contributed by atoms with Gasteiger partial charge in [0.1, 0.15) is 10.8 Å². The number of carboxylic acids is 1. The second-order valence-electron chi connectivity index (χ2n) is 6.93. The van der Waals surface area contributed by atoms with E-state index >= 15 is 0 Å². The topological polar surface area (TPSA) is 109 Å². The molecule has 8 heteroatoms. The van der Waals surface area contributed by atoms with Crippen LogP contribution in [0.15, 0.2) is 22.8 Å². The first-order chi connectivity index (χ1) is 13.5. The van der Waals surface area contributed by atoms with Gasteiger partial charge in [-0.1, -0.05) is 13.3 Å². The fourth-order valence-corrected chi connectivity index (χ4v) is 4.79. The molecule has 2 aromatic heterocycles. The number of hydrogen-bond acceptors (Lipinski definition) is 5. The molecule has 0 saturated carbocycles. The number of furan rings is 1. The minimum atomic E-state index is -1.03. The number of rotatable bonds is 8. The Morgan fingerprint density at radius 3 is 2.82 bits per heavy atom. The predicted molar refractivity (Wildman–Crippen MR) is 106 cm³/mol. The van der Waals surface area contributed by atoms with Crippen molar-refractivity contribution in [3.63, 3.8) is 0 Å². The lowest BCUT2D eigenvalue weighted by Gasteiger charge is -2.21. The molecule has 0 saturated heterocycles. The Morgan fingerprint density at radius 1 is 1.32 bits per heavy atom. The number of fused-ring (bicyclic) bond motifs is 1. The van der Waals surface area contributed by atoms with E-state index in [1.54, 1.807) is 18.4 Å². The number of thiophene rings is 1. The highest BCUT2D eigenvalue weighted by Crippen LogP contribution is 2.40. The zero-order valence-electron chi connectivity index (χ0n) is 15.7. The van der Waals surface area contributed by atoms with Crippen LogP contribution in [0.25, 0.3) is 0 Å². The average molecular weight is 404 g/mol. The quantitative estimate of drug-likeness (QED) is 0.623. The SMILES string of the molecule is CCC1CCc2c(sc(NC(=O)CCC(=O)O)c2C(=O)NCc2ccco2)C1. The molecule has 3 N–H and O–H groups in total. The Morgan fingerprint density at radius 2 is 2.14 bits per heavy atom. The minimum Gasteiger partial charge on any atom is -0.481 e. The zero-order valence-corrected chi connectivity index (χ0v) is 16.6. The molecule has 2 amide bonds. The van der Waals surface area contributed by atoms with Gasteiger partial charge in [-0.3, -0.25) is 14.4 Å². The van der Waals surface area contributed by atoms with E-state index in [1.807, 2.05) is 0 Å². The van der Waals surface area contributed by atoms with Crippen molar-refractivity contribution in [2.75, 3.05) is 5.32 Å². The van der Waals surface area contributed by atoms with Crippen molar-refractivity contribution in [2.45, 2.75) is 52.0 Å². The van der Waals surface area contributed by atoms with Crippen molar-refractivity contribution in [1.82, 2.24) is 5.32 Å². The molecule has 3 rings (SSSR count). The highest BCUT2D eigenvalue weighted by atomic mass is 32.1. The Kier molecular flexibility index (Phi) is 6.51. The molecule has 0 aromatic carbocycles. The molecule has 1 unspecified atom stereocenters. The molecule has 1 aliphatic carbocycles. The van der Waals surface area contributed by atoms with Gasteiger partial charge in [0.2, 0.25) is 5.91 Å². The highest BCUT2D eigenvalue weighted by Gasteiger charge is 2.29. The fraction of sp³-hybridized carbons (Fsp3) is 0.450. The molecular weight excluding hydrogens is 380 g/mol. The summed E-state index contributed by atoms with van der Waals surface area (Å²) in [6, 6.07) is 3.54. The first-order valence-electron chi connectivity index (χ1n) is 9.44. The van der Waals surface area contributed by atoms with Crippen molar-refractivity contribution >= 4 is 34.1 Å². The third kappa shape index (κ3) is 4.81. The third-order valence-corrected chi connectivity index (χ3v) is 6.16. The summed E-state index contributed by atoms with van der Waals surface area (Å²) >= 11 is 1.43. The van der Waals surface area contributed by atoms with Gasteiger partial charge in [-0.05, 0) is 42.9 Å². The third-order valence-electron chi connectivity index (χ3n) is 4.99. The number of hydrogen-bond donors (Lipinski definition) is 3. The summed E-state index contributed by atoms with van der Waals surface area (Å²) in [7, 11) is 0. The van der Waals surface area contributed by atoms with Crippen molar-refractivity contribution in [3.8, 4) is 0 Å². The van der Waals surface area contributed by atoms with Crippen molar-refractivity contribution in [2.24, 2.45) is 5.92 Å². The van der Waals surface area contributed by atoms with Gasteiger partial charge < -0.3 is 20.2 Å². The lowest BCUT2D eigenvalue weighted by molar-refractivity contribution is -0.138. The fourth-order valence-electron chi connectivity index (χ4n) is 3.41. The van der Waals surface area contributed by atoms with E-state index in [-0.39, 0.29) is 25.3 Å². The van der Waals surface area contributed by atoms with E-state index < -0.39 is 11.9 Å². The van der Waals surface area contributed by atoms with E-state index in [1.165, 1.54) is 11.3 Å². The second-order valence-corrected chi connectivity index (χ2v) is 8.03. The number of amides is 2. The summed E-state index contributed by atoms with van der Waals surface area (Å²) in [4.78, 5) is 36.9.